The molecule has 2 unspecified atom stereocenters. The molecule has 9 heteroatoms. The van der Waals surface area contributed by atoms with Crippen molar-refractivity contribution in [3.8, 4) is 11.1 Å². The summed E-state index contributed by atoms with van der Waals surface area (Å²) < 4.78 is 5.36. The Hall–Kier alpha value is -2.94. The molecule has 2 fully saturated rings. The Labute approximate surface area is 185 Å². The van der Waals surface area contributed by atoms with Crippen LogP contribution in [0, 0.1) is 5.41 Å². The van der Waals surface area contributed by atoms with E-state index in [0.717, 1.165) is 22.3 Å². The topological polar surface area (TPSA) is 97.8 Å². The number of ether oxygens (including phenoxy) is 1. The second-order valence-corrected chi connectivity index (χ2v) is 8.27. The van der Waals surface area contributed by atoms with Crippen LogP contribution in [0.4, 0.5) is 0 Å². The number of guanidine groups is 1. The molecule has 0 spiro atoms. The van der Waals surface area contributed by atoms with E-state index in [-0.39, 0.29) is 24.3 Å². The highest BCUT2D eigenvalue weighted by Gasteiger charge is 2.45. The molecule has 0 aliphatic carbocycles. The van der Waals surface area contributed by atoms with Crippen LogP contribution in [0.15, 0.2) is 42.5 Å². The third-order valence-corrected chi connectivity index (χ3v) is 6.09. The number of halogens is 1. The Morgan fingerprint density at radius 1 is 1.26 bits per heavy atom. The van der Waals surface area contributed by atoms with Crippen LogP contribution in [0.2, 0.25) is 5.02 Å². The van der Waals surface area contributed by atoms with Crippen LogP contribution in [-0.2, 0) is 26.4 Å². The number of carbonyl (C=O) groups excluding carboxylic acids is 2. The Kier molecular flexibility index (Phi) is 5.47. The van der Waals surface area contributed by atoms with E-state index in [1.165, 1.54) is 4.90 Å². The highest BCUT2D eigenvalue weighted by atomic mass is 35.5. The molecule has 162 valence electrons. The first-order valence-electron chi connectivity index (χ1n) is 9.84. The summed E-state index contributed by atoms with van der Waals surface area (Å²) in [7, 11) is 3.13. The van der Waals surface area contributed by atoms with E-state index in [1.807, 2.05) is 36.4 Å². The second-order valence-electron chi connectivity index (χ2n) is 7.84. The number of amides is 2. The number of hydrogen-bond acceptors (Lipinski definition) is 5. The SMILES string of the molecule is COC1NCC(=O)N1Cc1ccc(Cl)cc1-c1cccc(C2(C)NC(=N)N(C)C2=O)c1. The Morgan fingerprint density at radius 2 is 2.03 bits per heavy atom. The molecule has 0 bridgehead atoms. The zero-order valence-electron chi connectivity index (χ0n) is 17.5. The first-order chi connectivity index (χ1) is 14.7. The van der Waals surface area contributed by atoms with Crippen LogP contribution in [0.3, 0.4) is 0 Å². The Morgan fingerprint density at radius 3 is 2.71 bits per heavy atom. The first-order valence-corrected chi connectivity index (χ1v) is 10.2. The molecule has 0 aromatic heterocycles. The van der Waals surface area contributed by atoms with Gasteiger partial charge in [0, 0.05) is 19.2 Å². The molecular weight excluding hydrogens is 418 g/mol. The number of hydrogen-bond donors (Lipinski definition) is 3. The van der Waals surface area contributed by atoms with Crippen LogP contribution in [0.25, 0.3) is 11.1 Å². The predicted octanol–water partition coefficient (Wildman–Crippen LogP) is 2.08. The number of carbonyl (C=O) groups is 2. The highest BCUT2D eigenvalue weighted by molar-refractivity contribution is 6.30. The van der Waals surface area contributed by atoms with Gasteiger partial charge < -0.3 is 10.1 Å². The molecule has 2 amide bonds. The summed E-state index contributed by atoms with van der Waals surface area (Å²) in [5, 5.41) is 14.5. The van der Waals surface area contributed by atoms with Gasteiger partial charge in [-0.2, -0.15) is 0 Å². The molecule has 2 heterocycles. The predicted molar refractivity (Wildman–Crippen MR) is 117 cm³/mol. The molecule has 2 saturated heterocycles. The third kappa shape index (κ3) is 3.67. The zero-order valence-corrected chi connectivity index (χ0v) is 18.3. The Bertz CT molecular complexity index is 1070. The van der Waals surface area contributed by atoms with Crippen molar-refractivity contribution in [2.24, 2.45) is 0 Å². The van der Waals surface area contributed by atoms with Gasteiger partial charge in [0.15, 0.2) is 12.3 Å². The summed E-state index contributed by atoms with van der Waals surface area (Å²) in [5.74, 6) is -0.180. The fourth-order valence-electron chi connectivity index (χ4n) is 4.04. The van der Waals surface area contributed by atoms with Crippen LogP contribution in [0.5, 0.6) is 0 Å². The fourth-order valence-corrected chi connectivity index (χ4v) is 4.21. The van der Waals surface area contributed by atoms with Gasteiger partial charge in [-0.05, 0) is 47.4 Å². The van der Waals surface area contributed by atoms with Crippen molar-refractivity contribution in [2.45, 2.75) is 25.4 Å². The van der Waals surface area contributed by atoms with Gasteiger partial charge in [0.1, 0.15) is 5.54 Å². The quantitative estimate of drug-likeness (QED) is 0.660. The fraction of sp³-hybridized carbons (Fsp3) is 0.318. The molecule has 2 aromatic carbocycles. The van der Waals surface area contributed by atoms with Crippen molar-refractivity contribution < 1.29 is 14.3 Å². The van der Waals surface area contributed by atoms with Gasteiger partial charge in [-0.25, -0.2) is 0 Å². The van der Waals surface area contributed by atoms with Gasteiger partial charge in [0.25, 0.3) is 5.91 Å². The number of nitrogens with zero attached hydrogens (tertiary/aromatic N) is 2. The Balaban J connectivity index is 1.73. The smallest absolute Gasteiger partial charge is 0.259 e. The lowest BCUT2D eigenvalue weighted by atomic mass is 9.88. The molecule has 3 N–H and O–H groups in total. The maximum Gasteiger partial charge on any atom is 0.259 e. The average molecular weight is 442 g/mol. The summed E-state index contributed by atoms with van der Waals surface area (Å²) in [6, 6.07) is 13.1. The average Bonchev–Trinajstić information content (AvgIpc) is 3.21. The van der Waals surface area contributed by atoms with Gasteiger partial charge in [0.2, 0.25) is 5.91 Å². The number of methoxy groups -OCH3 is 1. The molecule has 2 aliphatic heterocycles. The summed E-state index contributed by atoms with van der Waals surface area (Å²) in [6.45, 7) is 2.34. The van der Waals surface area contributed by atoms with Crippen LogP contribution in [0.1, 0.15) is 18.1 Å². The third-order valence-electron chi connectivity index (χ3n) is 5.85. The van der Waals surface area contributed by atoms with E-state index in [4.69, 9.17) is 21.7 Å². The number of rotatable bonds is 5. The van der Waals surface area contributed by atoms with Crippen molar-refractivity contribution in [3.05, 3.63) is 58.6 Å². The maximum atomic E-state index is 12.8. The summed E-state index contributed by atoms with van der Waals surface area (Å²) in [5.41, 5.74) is 2.34. The normalized spacial score (nSPS) is 23.6. The monoisotopic (exact) mass is 441 g/mol. The van der Waals surface area contributed by atoms with Crippen LogP contribution in [-0.4, -0.2) is 54.6 Å². The van der Waals surface area contributed by atoms with Gasteiger partial charge in [0.05, 0.1) is 13.1 Å². The molecular formula is C22H24ClN5O3. The lowest BCUT2D eigenvalue weighted by molar-refractivity contribution is -0.135. The summed E-state index contributed by atoms with van der Waals surface area (Å²) in [6.07, 6.45) is -0.483. The number of benzene rings is 2. The minimum Gasteiger partial charge on any atom is -0.348 e. The lowest BCUT2D eigenvalue weighted by Gasteiger charge is -2.25. The highest BCUT2D eigenvalue weighted by Crippen LogP contribution is 2.34. The van der Waals surface area contributed by atoms with E-state index < -0.39 is 11.9 Å². The minimum absolute atomic E-state index is 0.0451. The van der Waals surface area contributed by atoms with Gasteiger partial charge in [-0.1, -0.05) is 35.9 Å². The standard InChI is InChI=1S/C22H24ClN5O3/c1-22(19(30)27(2)20(24)26-22)15-6-4-5-13(9-15)17-10-16(23)8-7-14(17)12-28-18(29)11-25-21(28)31-3/h4-10,21,25H,11-12H2,1-3H3,(H2,24,26). The zero-order chi connectivity index (χ0) is 22.3. The van der Waals surface area contributed by atoms with Crippen molar-refractivity contribution in [3.63, 3.8) is 0 Å². The summed E-state index contributed by atoms with van der Waals surface area (Å²) in [4.78, 5) is 28.0. The van der Waals surface area contributed by atoms with E-state index in [2.05, 4.69) is 10.6 Å². The number of nitrogens with one attached hydrogen (secondary N) is 3. The summed E-state index contributed by atoms with van der Waals surface area (Å²) >= 11 is 6.30. The molecule has 0 saturated carbocycles. The van der Waals surface area contributed by atoms with E-state index in [1.54, 1.807) is 32.0 Å². The van der Waals surface area contributed by atoms with Crippen molar-refractivity contribution in [1.29, 1.82) is 5.41 Å². The second kappa shape index (κ2) is 7.96. The van der Waals surface area contributed by atoms with E-state index in [0.29, 0.717) is 11.6 Å². The molecule has 8 nitrogen and oxygen atoms in total. The molecule has 0 radical (unpaired) electrons. The van der Waals surface area contributed by atoms with Gasteiger partial charge >= 0.3 is 0 Å². The van der Waals surface area contributed by atoms with Crippen LogP contribution >= 0.6 is 11.6 Å². The molecule has 2 atom stereocenters. The van der Waals surface area contributed by atoms with Crippen molar-refractivity contribution in [1.82, 2.24) is 20.4 Å². The van der Waals surface area contributed by atoms with Crippen molar-refractivity contribution >= 4 is 29.4 Å². The number of likely N-dealkylation sites (N-methyl/N-ethyl adjacent to an activating group) is 1. The van der Waals surface area contributed by atoms with E-state index in [9.17, 15) is 9.59 Å². The maximum absolute atomic E-state index is 12.8. The molecule has 2 aromatic rings. The molecule has 2 aliphatic rings. The van der Waals surface area contributed by atoms with Crippen LogP contribution < -0.4 is 10.6 Å². The molecule has 4 rings (SSSR count). The lowest BCUT2D eigenvalue weighted by Crippen LogP contribution is -2.40. The van der Waals surface area contributed by atoms with Gasteiger partial charge in [-0.15, -0.1) is 0 Å². The largest absolute Gasteiger partial charge is 0.348 e. The molecule has 31 heavy (non-hydrogen) atoms. The van der Waals surface area contributed by atoms with E-state index >= 15 is 0 Å². The van der Waals surface area contributed by atoms with Gasteiger partial charge in [-0.3, -0.25) is 30.1 Å². The first kappa shape index (κ1) is 21.3. The minimum atomic E-state index is -1.03. The van der Waals surface area contributed by atoms with Crippen molar-refractivity contribution in [2.75, 3.05) is 20.7 Å².